The normalized spacial score (nSPS) is 13.5. The highest BCUT2D eigenvalue weighted by molar-refractivity contribution is 6.06. The average molecular weight is 424 g/mol. The number of rotatable bonds is 5. The summed E-state index contributed by atoms with van der Waals surface area (Å²) in [6, 6.07) is 15.7. The molecule has 1 N–H and O–H groups in total. The lowest BCUT2D eigenvalue weighted by atomic mass is 9.96. The molecule has 0 aliphatic carbocycles. The van der Waals surface area contributed by atoms with Gasteiger partial charge in [-0.25, -0.2) is 0 Å². The zero-order valence-electron chi connectivity index (χ0n) is 17.5. The van der Waals surface area contributed by atoms with Crippen molar-refractivity contribution in [2.24, 2.45) is 4.99 Å². The summed E-state index contributed by atoms with van der Waals surface area (Å²) in [6.07, 6.45) is -0.655. The van der Waals surface area contributed by atoms with E-state index in [2.05, 4.69) is 10.3 Å². The molecule has 6 heteroatoms. The number of amides is 1. The van der Waals surface area contributed by atoms with Crippen LogP contribution in [0.5, 0.6) is 0 Å². The highest BCUT2D eigenvalue weighted by atomic mass is 19.4. The topological polar surface area (TPSA) is 41.5 Å². The number of carbonyl (C=O) groups excluding carboxylic acids is 1. The van der Waals surface area contributed by atoms with E-state index < -0.39 is 11.7 Å². The van der Waals surface area contributed by atoms with Gasteiger partial charge in [-0.1, -0.05) is 42.5 Å². The van der Waals surface area contributed by atoms with E-state index >= 15 is 0 Å². The van der Waals surface area contributed by atoms with Crippen molar-refractivity contribution in [3.8, 4) is 11.1 Å². The smallest absolute Gasteiger partial charge is 0.344 e. The van der Waals surface area contributed by atoms with Gasteiger partial charge in [-0.15, -0.1) is 0 Å². The van der Waals surface area contributed by atoms with E-state index in [9.17, 15) is 18.0 Å². The first kappa shape index (κ1) is 22.3. The first-order chi connectivity index (χ1) is 14.7. The number of hydrogen-bond donors (Lipinski definition) is 1. The minimum absolute atomic E-state index is 0.222. The second kappa shape index (κ2) is 9.16. The lowest BCUT2D eigenvalue weighted by molar-refractivity contribution is -0.137. The summed E-state index contributed by atoms with van der Waals surface area (Å²) >= 11 is 0. The van der Waals surface area contributed by atoms with Crippen molar-refractivity contribution in [3.63, 3.8) is 0 Å². The number of nitrogens with zero attached hydrogens (tertiary/aromatic N) is 1. The van der Waals surface area contributed by atoms with Crippen molar-refractivity contribution >= 4 is 22.4 Å². The molecule has 1 atom stereocenters. The minimum Gasteiger partial charge on any atom is -0.344 e. The maximum atomic E-state index is 12.9. The molecule has 3 nitrogen and oxygen atoms in total. The summed E-state index contributed by atoms with van der Waals surface area (Å²) in [7, 11) is 1.68. The first-order valence-electron chi connectivity index (χ1n) is 9.85. The molecular formula is C25H23F3N2O. The number of hydrogen-bond acceptors (Lipinski definition) is 2. The fourth-order valence-electron chi connectivity index (χ4n) is 3.45. The zero-order chi connectivity index (χ0) is 22.6. The van der Waals surface area contributed by atoms with Crippen LogP contribution >= 0.6 is 0 Å². The third-order valence-corrected chi connectivity index (χ3v) is 5.05. The number of fused-ring (bicyclic) bond motifs is 1. The fourth-order valence-corrected chi connectivity index (χ4v) is 3.45. The van der Waals surface area contributed by atoms with Crippen LogP contribution in [-0.2, 0) is 6.18 Å². The lowest BCUT2D eigenvalue weighted by Crippen LogP contribution is -2.37. The van der Waals surface area contributed by atoms with Gasteiger partial charge in [-0.2, -0.15) is 13.2 Å². The van der Waals surface area contributed by atoms with E-state index in [0.29, 0.717) is 11.1 Å². The predicted molar refractivity (Wildman–Crippen MR) is 119 cm³/mol. The number of aliphatic imine (C=N–C) groups is 1. The number of allylic oxidation sites excluding steroid dienone is 1. The van der Waals surface area contributed by atoms with Crippen molar-refractivity contribution in [2.75, 3.05) is 7.05 Å². The quantitative estimate of drug-likeness (QED) is 0.481. The Labute approximate surface area is 179 Å². The monoisotopic (exact) mass is 424 g/mol. The van der Waals surface area contributed by atoms with Crippen LogP contribution < -0.4 is 5.32 Å². The molecule has 3 rings (SSSR count). The van der Waals surface area contributed by atoms with Crippen molar-refractivity contribution in [3.05, 3.63) is 83.9 Å². The van der Waals surface area contributed by atoms with E-state index in [4.69, 9.17) is 0 Å². The number of nitrogens with one attached hydrogen (secondary N) is 1. The maximum Gasteiger partial charge on any atom is 0.416 e. The molecule has 0 heterocycles. The molecule has 0 fully saturated rings. The predicted octanol–water partition coefficient (Wildman–Crippen LogP) is 6.29. The summed E-state index contributed by atoms with van der Waals surface area (Å²) < 4.78 is 38.6. The van der Waals surface area contributed by atoms with Crippen LogP contribution in [0.1, 0.15) is 29.8 Å². The molecule has 0 saturated heterocycles. The molecule has 0 spiro atoms. The average Bonchev–Trinajstić information content (AvgIpc) is 2.76. The van der Waals surface area contributed by atoms with Crippen molar-refractivity contribution in [1.29, 1.82) is 0 Å². The number of alkyl halides is 3. The van der Waals surface area contributed by atoms with Crippen LogP contribution in [0.4, 0.5) is 13.2 Å². The summed E-state index contributed by atoms with van der Waals surface area (Å²) in [5.41, 5.74) is 2.07. The number of benzene rings is 3. The molecule has 3 aromatic rings. The minimum atomic E-state index is -4.37. The van der Waals surface area contributed by atoms with E-state index in [1.807, 2.05) is 50.3 Å². The third-order valence-electron chi connectivity index (χ3n) is 5.05. The van der Waals surface area contributed by atoms with E-state index in [-0.39, 0.29) is 11.9 Å². The van der Waals surface area contributed by atoms with Crippen LogP contribution in [0.2, 0.25) is 0 Å². The van der Waals surface area contributed by atoms with Gasteiger partial charge in [0, 0.05) is 12.6 Å². The van der Waals surface area contributed by atoms with Gasteiger partial charge in [0.1, 0.15) is 0 Å². The molecule has 0 aromatic heterocycles. The Morgan fingerprint density at radius 3 is 2.39 bits per heavy atom. The van der Waals surface area contributed by atoms with Gasteiger partial charge in [-0.05, 0) is 66.1 Å². The first-order valence-corrected chi connectivity index (χ1v) is 9.85. The Morgan fingerprint density at radius 1 is 1.06 bits per heavy atom. The Balaban J connectivity index is 1.90. The molecule has 31 heavy (non-hydrogen) atoms. The Bertz CT molecular complexity index is 1150. The summed E-state index contributed by atoms with van der Waals surface area (Å²) in [5, 5.41) is 4.62. The van der Waals surface area contributed by atoms with E-state index in [1.54, 1.807) is 19.2 Å². The largest absolute Gasteiger partial charge is 0.416 e. The maximum absolute atomic E-state index is 12.9. The molecule has 0 bridgehead atoms. The van der Waals surface area contributed by atoms with Crippen molar-refractivity contribution in [1.82, 2.24) is 5.32 Å². The van der Waals surface area contributed by atoms with Crippen LogP contribution in [0.25, 0.3) is 21.9 Å². The fraction of sp³-hybridized carbons (Fsp3) is 0.200. The van der Waals surface area contributed by atoms with Gasteiger partial charge >= 0.3 is 6.18 Å². The SMILES string of the molecule is C/C=C\C(=NC)C(C)NC(=O)c1ccc2c(-c3ccc(C(F)(F)F)cc3)cccc2c1. The van der Waals surface area contributed by atoms with Gasteiger partial charge < -0.3 is 5.32 Å². The van der Waals surface area contributed by atoms with Crippen LogP contribution in [0, 0.1) is 0 Å². The second-order valence-corrected chi connectivity index (χ2v) is 7.16. The van der Waals surface area contributed by atoms with Crippen molar-refractivity contribution < 1.29 is 18.0 Å². The standard InChI is InChI=1S/C25H23F3N2O/c1-4-6-23(29-3)16(2)30-24(31)19-11-14-22-18(15-19)7-5-8-21(22)17-9-12-20(13-10-17)25(26,27)28/h4-16H,1-3H3,(H,30,31)/b6-4-,29-23?. The summed E-state index contributed by atoms with van der Waals surface area (Å²) in [5.74, 6) is -0.222. The van der Waals surface area contributed by atoms with Crippen LogP contribution in [0.15, 0.2) is 77.8 Å². The lowest BCUT2D eigenvalue weighted by Gasteiger charge is -2.15. The summed E-state index contributed by atoms with van der Waals surface area (Å²) in [6.45, 7) is 3.75. The Morgan fingerprint density at radius 2 is 1.77 bits per heavy atom. The molecule has 0 radical (unpaired) electrons. The van der Waals surface area contributed by atoms with Crippen LogP contribution in [0.3, 0.4) is 0 Å². The Hall–Kier alpha value is -3.41. The highest BCUT2D eigenvalue weighted by Crippen LogP contribution is 2.33. The molecule has 0 saturated carbocycles. The van der Waals surface area contributed by atoms with Crippen molar-refractivity contribution in [2.45, 2.75) is 26.1 Å². The van der Waals surface area contributed by atoms with Crippen LogP contribution in [-0.4, -0.2) is 24.7 Å². The van der Waals surface area contributed by atoms with Gasteiger partial charge in [0.15, 0.2) is 0 Å². The van der Waals surface area contributed by atoms with Gasteiger partial charge in [-0.3, -0.25) is 9.79 Å². The van der Waals surface area contributed by atoms with Gasteiger partial charge in [0.25, 0.3) is 5.91 Å². The number of carbonyl (C=O) groups is 1. The molecule has 160 valence electrons. The molecule has 1 amide bonds. The summed E-state index contributed by atoms with van der Waals surface area (Å²) in [4.78, 5) is 16.9. The molecule has 0 aliphatic rings. The zero-order valence-corrected chi connectivity index (χ0v) is 17.5. The van der Waals surface area contributed by atoms with E-state index in [0.717, 1.165) is 34.2 Å². The molecular weight excluding hydrogens is 401 g/mol. The molecule has 1 unspecified atom stereocenters. The van der Waals surface area contributed by atoms with E-state index in [1.165, 1.54) is 12.1 Å². The second-order valence-electron chi connectivity index (χ2n) is 7.16. The number of halogens is 3. The highest BCUT2D eigenvalue weighted by Gasteiger charge is 2.30. The van der Waals surface area contributed by atoms with Gasteiger partial charge in [0.2, 0.25) is 0 Å². The molecule has 0 aliphatic heterocycles. The molecule has 3 aromatic carbocycles. The van der Waals surface area contributed by atoms with Gasteiger partial charge in [0.05, 0.1) is 17.3 Å². The third kappa shape index (κ3) is 5.02. The Kier molecular flexibility index (Phi) is 6.59.